The second-order valence-electron chi connectivity index (χ2n) is 4.70. The summed E-state index contributed by atoms with van der Waals surface area (Å²) in [5.41, 5.74) is 6.28. The second kappa shape index (κ2) is 5.18. The van der Waals surface area contributed by atoms with Crippen LogP contribution in [0, 0.1) is 12.3 Å². The Bertz CT molecular complexity index is 399. The van der Waals surface area contributed by atoms with E-state index < -0.39 is 0 Å². The molecule has 1 aromatic rings. The fourth-order valence-corrected chi connectivity index (χ4v) is 1.20. The Labute approximate surface area is 100 Å². The van der Waals surface area contributed by atoms with E-state index in [0.717, 1.165) is 0 Å². The average Bonchev–Trinajstić information content (AvgIpc) is 2.67. The molecule has 3 N–H and O–H groups in total. The van der Waals surface area contributed by atoms with Crippen molar-refractivity contribution in [3.05, 3.63) is 11.3 Å². The minimum absolute atomic E-state index is 0.141. The van der Waals surface area contributed by atoms with Crippen LogP contribution in [0.3, 0.4) is 0 Å². The van der Waals surface area contributed by atoms with E-state index in [4.69, 9.17) is 15.0 Å². The molecule has 0 saturated carbocycles. The predicted molar refractivity (Wildman–Crippen MR) is 63.0 cm³/mol. The van der Waals surface area contributed by atoms with Gasteiger partial charge in [0, 0.05) is 6.54 Å². The van der Waals surface area contributed by atoms with Crippen molar-refractivity contribution in [1.29, 1.82) is 0 Å². The van der Waals surface area contributed by atoms with E-state index in [0.29, 0.717) is 18.7 Å². The zero-order valence-corrected chi connectivity index (χ0v) is 10.7. The van der Waals surface area contributed by atoms with Crippen LogP contribution in [-0.2, 0) is 0 Å². The summed E-state index contributed by atoms with van der Waals surface area (Å²) >= 11 is 0. The lowest BCUT2D eigenvalue weighted by Gasteiger charge is -2.22. The third-order valence-electron chi connectivity index (χ3n) is 2.56. The quantitative estimate of drug-likeness (QED) is 0.792. The van der Waals surface area contributed by atoms with Crippen molar-refractivity contribution in [2.24, 2.45) is 11.1 Å². The summed E-state index contributed by atoms with van der Waals surface area (Å²) in [6, 6.07) is 0. The van der Waals surface area contributed by atoms with Crippen molar-refractivity contribution < 1.29 is 14.1 Å². The SMILES string of the molecule is COc1onc(C(=O)NCC(C)(C)CN)c1C. The number of rotatable bonds is 5. The van der Waals surface area contributed by atoms with Gasteiger partial charge in [-0.3, -0.25) is 4.79 Å². The summed E-state index contributed by atoms with van der Waals surface area (Å²) in [6.07, 6.45) is 0. The summed E-state index contributed by atoms with van der Waals surface area (Å²) < 4.78 is 9.78. The number of nitrogens with two attached hydrogens (primary N) is 1. The van der Waals surface area contributed by atoms with E-state index >= 15 is 0 Å². The van der Waals surface area contributed by atoms with Crippen molar-refractivity contribution in [2.75, 3.05) is 20.2 Å². The van der Waals surface area contributed by atoms with E-state index in [9.17, 15) is 4.79 Å². The molecule has 17 heavy (non-hydrogen) atoms. The molecule has 0 aliphatic heterocycles. The number of carbonyl (C=O) groups excluding carboxylic acids is 1. The van der Waals surface area contributed by atoms with Crippen LogP contribution in [0.5, 0.6) is 5.95 Å². The number of ether oxygens (including phenoxy) is 1. The Morgan fingerprint density at radius 2 is 2.24 bits per heavy atom. The zero-order valence-electron chi connectivity index (χ0n) is 10.7. The highest BCUT2D eigenvalue weighted by molar-refractivity contribution is 5.93. The number of aromatic nitrogens is 1. The Kier molecular flexibility index (Phi) is 4.11. The summed E-state index contributed by atoms with van der Waals surface area (Å²) in [7, 11) is 1.47. The summed E-state index contributed by atoms with van der Waals surface area (Å²) in [4.78, 5) is 11.8. The number of amides is 1. The third-order valence-corrected chi connectivity index (χ3v) is 2.56. The highest BCUT2D eigenvalue weighted by Crippen LogP contribution is 2.20. The van der Waals surface area contributed by atoms with E-state index in [1.807, 2.05) is 13.8 Å². The lowest BCUT2D eigenvalue weighted by molar-refractivity contribution is 0.0928. The van der Waals surface area contributed by atoms with Crippen molar-refractivity contribution in [3.63, 3.8) is 0 Å². The van der Waals surface area contributed by atoms with Crippen LogP contribution in [0.1, 0.15) is 29.9 Å². The van der Waals surface area contributed by atoms with Gasteiger partial charge in [0.1, 0.15) is 0 Å². The van der Waals surface area contributed by atoms with E-state index in [2.05, 4.69) is 10.5 Å². The number of nitrogens with one attached hydrogen (secondary N) is 1. The summed E-state index contributed by atoms with van der Waals surface area (Å²) in [6.45, 7) is 6.65. The molecular formula is C11H19N3O3. The van der Waals surface area contributed by atoms with E-state index in [-0.39, 0.29) is 23.0 Å². The fraction of sp³-hybridized carbons (Fsp3) is 0.636. The zero-order chi connectivity index (χ0) is 13.1. The van der Waals surface area contributed by atoms with Gasteiger partial charge in [0.05, 0.1) is 12.7 Å². The molecular weight excluding hydrogens is 222 g/mol. The smallest absolute Gasteiger partial charge is 0.314 e. The van der Waals surface area contributed by atoms with Gasteiger partial charge in [0.2, 0.25) is 0 Å². The van der Waals surface area contributed by atoms with Gasteiger partial charge in [-0.15, -0.1) is 0 Å². The molecule has 0 aromatic carbocycles. The summed E-state index contributed by atoms with van der Waals surface area (Å²) in [5.74, 6) is -0.0238. The molecule has 96 valence electrons. The minimum Gasteiger partial charge on any atom is -0.467 e. The van der Waals surface area contributed by atoms with Crippen molar-refractivity contribution in [2.45, 2.75) is 20.8 Å². The number of nitrogens with zero attached hydrogens (tertiary/aromatic N) is 1. The molecule has 1 rings (SSSR count). The van der Waals surface area contributed by atoms with Crippen LogP contribution >= 0.6 is 0 Å². The monoisotopic (exact) mass is 241 g/mol. The summed E-state index contributed by atoms with van der Waals surface area (Å²) in [5, 5.41) is 6.44. The topological polar surface area (TPSA) is 90.4 Å². The number of carbonyl (C=O) groups is 1. The Balaban J connectivity index is 2.67. The number of methoxy groups -OCH3 is 1. The molecule has 1 heterocycles. The fourth-order valence-electron chi connectivity index (χ4n) is 1.20. The average molecular weight is 241 g/mol. The molecule has 0 spiro atoms. The number of hydrogen-bond acceptors (Lipinski definition) is 5. The standard InChI is InChI=1S/C11H19N3O3/c1-7-8(14-17-10(7)16-4)9(15)13-6-11(2,3)5-12/h5-6,12H2,1-4H3,(H,13,15). The highest BCUT2D eigenvalue weighted by atomic mass is 16.6. The first-order chi connectivity index (χ1) is 7.91. The highest BCUT2D eigenvalue weighted by Gasteiger charge is 2.22. The largest absolute Gasteiger partial charge is 0.467 e. The molecule has 6 nitrogen and oxygen atoms in total. The first-order valence-electron chi connectivity index (χ1n) is 5.40. The second-order valence-corrected chi connectivity index (χ2v) is 4.70. The van der Waals surface area contributed by atoms with Gasteiger partial charge in [-0.05, 0) is 18.9 Å². The lowest BCUT2D eigenvalue weighted by Crippen LogP contribution is -2.38. The molecule has 0 fully saturated rings. The van der Waals surface area contributed by atoms with Gasteiger partial charge in [-0.1, -0.05) is 19.0 Å². The van der Waals surface area contributed by atoms with Gasteiger partial charge in [-0.2, -0.15) is 0 Å². The first-order valence-corrected chi connectivity index (χ1v) is 5.40. The molecule has 0 aliphatic rings. The molecule has 0 bridgehead atoms. The molecule has 0 saturated heterocycles. The molecule has 0 unspecified atom stereocenters. The molecule has 0 aliphatic carbocycles. The normalized spacial score (nSPS) is 11.4. The predicted octanol–water partition coefficient (Wildman–Crippen LogP) is 0.706. The molecule has 1 aromatic heterocycles. The van der Waals surface area contributed by atoms with Gasteiger partial charge >= 0.3 is 5.95 Å². The molecule has 0 radical (unpaired) electrons. The van der Waals surface area contributed by atoms with Crippen LogP contribution in [0.2, 0.25) is 0 Å². The van der Waals surface area contributed by atoms with Crippen LogP contribution < -0.4 is 15.8 Å². The maximum Gasteiger partial charge on any atom is 0.314 e. The molecule has 1 amide bonds. The first kappa shape index (κ1) is 13.5. The van der Waals surface area contributed by atoms with Crippen LogP contribution in [-0.4, -0.2) is 31.3 Å². The van der Waals surface area contributed by atoms with Gasteiger partial charge in [0.15, 0.2) is 5.69 Å². The van der Waals surface area contributed by atoms with Crippen LogP contribution in [0.25, 0.3) is 0 Å². The van der Waals surface area contributed by atoms with Crippen molar-refractivity contribution >= 4 is 5.91 Å². The van der Waals surface area contributed by atoms with Crippen LogP contribution in [0.15, 0.2) is 4.52 Å². The van der Waals surface area contributed by atoms with Gasteiger partial charge < -0.3 is 20.3 Å². The Hall–Kier alpha value is -1.56. The van der Waals surface area contributed by atoms with E-state index in [1.54, 1.807) is 6.92 Å². The third kappa shape index (κ3) is 3.20. The minimum atomic E-state index is -0.281. The Morgan fingerprint density at radius 3 is 2.71 bits per heavy atom. The van der Waals surface area contributed by atoms with Gasteiger partial charge in [-0.25, -0.2) is 0 Å². The maximum absolute atomic E-state index is 11.8. The maximum atomic E-state index is 11.8. The lowest BCUT2D eigenvalue weighted by atomic mass is 9.94. The van der Waals surface area contributed by atoms with Crippen LogP contribution in [0.4, 0.5) is 0 Å². The number of hydrogen-bond donors (Lipinski definition) is 2. The van der Waals surface area contributed by atoms with Gasteiger partial charge in [0.25, 0.3) is 5.91 Å². The van der Waals surface area contributed by atoms with Crippen molar-refractivity contribution in [3.8, 4) is 5.95 Å². The van der Waals surface area contributed by atoms with E-state index in [1.165, 1.54) is 7.11 Å². The Morgan fingerprint density at radius 1 is 1.59 bits per heavy atom. The molecule has 6 heteroatoms. The molecule has 0 atom stereocenters. The van der Waals surface area contributed by atoms with Crippen molar-refractivity contribution in [1.82, 2.24) is 10.5 Å².